The van der Waals surface area contributed by atoms with Crippen molar-refractivity contribution >= 4 is 17.3 Å². The summed E-state index contributed by atoms with van der Waals surface area (Å²) in [7, 11) is 0. The van der Waals surface area contributed by atoms with Crippen LogP contribution in [0, 0.1) is 24.5 Å². The number of nitrogens with one attached hydrogen (secondary N) is 3. The zero-order valence-corrected chi connectivity index (χ0v) is 17.6. The van der Waals surface area contributed by atoms with Gasteiger partial charge in [0.25, 0.3) is 5.91 Å². The minimum Gasteiger partial charge on any atom is -0.365 e. The molecule has 11 heteroatoms. The third kappa shape index (κ3) is 4.68. The average molecular weight is 465 g/mol. The fraction of sp³-hybridized carbons (Fsp3) is 0.273. The van der Waals surface area contributed by atoms with Crippen LogP contribution >= 0.6 is 0 Å². The third-order valence-electron chi connectivity index (χ3n) is 5.35. The van der Waals surface area contributed by atoms with Crippen molar-refractivity contribution in [2.75, 3.05) is 17.2 Å². The van der Waals surface area contributed by atoms with Gasteiger partial charge in [-0.05, 0) is 42.8 Å². The maximum absolute atomic E-state index is 14.9. The van der Waals surface area contributed by atoms with E-state index in [4.69, 9.17) is 0 Å². The Morgan fingerprint density at radius 2 is 1.97 bits per heavy atom. The number of anilines is 2. The first-order valence-electron chi connectivity index (χ1n) is 10.1. The number of aryl methyl sites for hydroxylation is 1. The van der Waals surface area contributed by atoms with Crippen LogP contribution in [-0.2, 0) is 6.18 Å². The predicted molar refractivity (Wildman–Crippen MR) is 112 cm³/mol. The summed E-state index contributed by atoms with van der Waals surface area (Å²) in [5.41, 5.74) is -1.51. The van der Waals surface area contributed by atoms with Crippen molar-refractivity contribution in [3.63, 3.8) is 0 Å². The largest absolute Gasteiger partial charge is 0.416 e. The minimum absolute atomic E-state index is 0.00931. The maximum Gasteiger partial charge on any atom is 0.416 e. The molecule has 4 rings (SSSR count). The lowest BCUT2D eigenvalue weighted by atomic mass is 10.0. The minimum atomic E-state index is -4.72. The molecule has 0 radical (unpaired) electrons. The number of hydrogen-bond acceptors (Lipinski definition) is 4. The molecule has 1 aliphatic heterocycles. The first-order valence-corrected chi connectivity index (χ1v) is 10.1. The zero-order chi connectivity index (χ0) is 23.9. The molecule has 1 amide bonds. The molecule has 6 nitrogen and oxygen atoms in total. The maximum atomic E-state index is 14.9. The first kappa shape index (κ1) is 22.7. The van der Waals surface area contributed by atoms with Gasteiger partial charge in [0.1, 0.15) is 11.5 Å². The molecule has 1 aliphatic rings. The monoisotopic (exact) mass is 465 g/mol. The van der Waals surface area contributed by atoms with Gasteiger partial charge in [-0.2, -0.15) is 18.3 Å². The molecule has 2 aromatic carbocycles. The Bertz CT molecular complexity index is 1210. The van der Waals surface area contributed by atoms with Crippen molar-refractivity contribution < 1.29 is 26.7 Å². The van der Waals surface area contributed by atoms with E-state index in [1.54, 1.807) is 6.92 Å². The summed E-state index contributed by atoms with van der Waals surface area (Å²) >= 11 is 0. The summed E-state index contributed by atoms with van der Waals surface area (Å²) in [6, 6.07) is 4.70. The Kier molecular flexibility index (Phi) is 5.83. The zero-order valence-electron chi connectivity index (χ0n) is 17.6. The highest BCUT2D eigenvalue weighted by molar-refractivity contribution is 6.05. The number of carbonyl (C=O) groups is 1. The van der Waals surface area contributed by atoms with E-state index in [-0.39, 0.29) is 29.0 Å². The second-order valence-electron chi connectivity index (χ2n) is 7.97. The molecule has 1 aromatic heterocycles. The SMILES string of the molecule is Cc1cnn(-c2cc(C(=O)Nc3ccc(F)c(NC4NC[C@@H]4C)c3F)cc(C(F)(F)F)c2)c1. The number of carbonyl (C=O) groups excluding carboxylic acids is 1. The number of benzene rings is 2. The average Bonchev–Trinajstić information content (AvgIpc) is 3.20. The Morgan fingerprint density at radius 3 is 2.55 bits per heavy atom. The molecule has 174 valence electrons. The van der Waals surface area contributed by atoms with Crippen LogP contribution in [-0.4, -0.2) is 28.4 Å². The molecule has 1 saturated heterocycles. The number of aromatic nitrogens is 2. The lowest BCUT2D eigenvalue weighted by Gasteiger charge is -2.37. The Hall–Kier alpha value is -3.47. The van der Waals surface area contributed by atoms with Crippen LogP contribution in [0.5, 0.6) is 0 Å². The highest BCUT2D eigenvalue weighted by atomic mass is 19.4. The van der Waals surface area contributed by atoms with Gasteiger partial charge in [-0.25, -0.2) is 13.5 Å². The van der Waals surface area contributed by atoms with Crippen LogP contribution < -0.4 is 16.0 Å². The molecule has 3 N–H and O–H groups in total. The summed E-state index contributed by atoms with van der Waals surface area (Å²) in [4.78, 5) is 12.8. The Labute approximate surface area is 185 Å². The van der Waals surface area contributed by atoms with Crippen LogP contribution in [0.3, 0.4) is 0 Å². The number of hydrogen-bond donors (Lipinski definition) is 3. The molecule has 1 fully saturated rings. The molecule has 0 bridgehead atoms. The first-order chi connectivity index (χ1) is 15.5. The fourth-order valence-electron chi connectivity index (χ4n) is 3.39. The number of amides is 1. The summed E-state index contributed by atoms with van der Waals surface area (Å²) in [6.45, 7) is 4.29. The van der Waals surface area contributed by atoms with E-state index in [9.17, 15) is 26.7 Å². The van der Waals surface area contributed by atoms with E-state index in [0.717, 1.165) is 18.2 Å². The molecule has 2 heterocycles. The van der Waals surface area contributed by atoms with Crippen molar-refractivity contribution in [3.8, 4) is 5.69 Å². The molecular formula is C22H20F5N5O. The summed E-state index contributed by atoms with van der Waals surface area (Å²) in [5, 5.41) is 11.9. The van der Waals surface area contributed by atoms with E-state index in [1.165, 1.54) is 23.1 Å². The normalized spacial score (nSPS) is 18.0. The highest BCUT2D eigenvalue weighted by Crippen LogP contribution is 2.33. The quantitative estimate of drug-likeness (QED) is 0.478. The second-order valence-corrected chi connectivity index (χ2v) is 7.97. The van der Waals surface area contributed by atoms with E-state index in [0.29, 0.717) is 18.2 Å². The van der Waals surface area contributed by atoms with E-state index < -0.39 is 35.0 Å². The van der Waals surface area contributed by atoms with Crippen LogP contribution in [0.15, 0.2) is 42.7 Å². The summed E-state index contributed by atoms with van der Waals surface area (Å²) in [6.07, 6.45) is -2.11. The predicted octanol–water partition coefficient (Wildman–Crippen LogP) is 4.71. The molecule has 0 spiro atoms. The third-order valence-corrected chi connectivity index (χ3v) is 5.35. The molecule has 3 aromatic rings. The number of alkyl halides is 3. The number of rotatable bonds is 5. The van der Waals surface area contributed by atoms with Crippen LogP contribution in [0.1, 0.15) is 28.4 Å². The van der Waals surface area contributed by atoms with Crippen molar-refractivity contribution in [2.45, 2.75) is 26.2 Å². The van der Waals surface area contributed by atoms with E-state index in [1.807, 2.05) is 6.92 Å². The van der Waals surface area contributed by atoms with Gasteiger partial charge in [-0.15, -0.1) is 0 Å². The number of nitrogens with zero attached hydrogens (tertiary/aromatic N) is 2. The molecule has 0 saturated carbocycles. The van der Waals surface area contributed by atoms with Gasteiger partial charge in [-0.3, -0.25) is 10.1 Å². The number of halogens is 5. The lowest BCUT2D eigenvalue weighted by Crippen LogP contribution is -2.56. The van der Waals surface area contributed by atoms with Crippen LogP contribution in [0.2, 0.25) is 0 Å². The Morgan fingerprint density at radius 1 is 1.21 bits per heavy atom. The molecule has 1 unspecified atom stereocenters. The van der Waals surface area contributed by atoms with Gasteiger partial charge >= 0.3 is 6.18 Å². The van der Waals surface area contributed by atoms with Gasteiger partial charge in [-0.1, -0.05) is 6.92 Å². The fourth-order valence-corrected chi connectivity index (χ4v) is 3.39. The van der Waals surface area contributed by atoms with Crippen molar-refractivity contribution in [1.29, 1.82) is 0 Å². The summed E-state index contributed by atoms with van der Waals surface area (Å²) < 4.78 is 70.6. The van der Waals surface area contributed by atoms with Gasteiger partial charge in [0.15, 0.2) is 5.82 Å². The second kappa shape index (κ2) is 8.47. The van der Waals surface area contributed by atoms with Crippen LogP contribution in [0.4, 0.5) is 33.3 Å². The highest BCUT2D eigenvalue weighted by Gasteiger charge is 2.32. The smallest absolute Gasteiger partial charge is 0.365 e. The topological polar surface area (TPSA) is 71.0 Å². The molecule has 0 aliphatic carbocycles. The van der Waals surface area contributed by atoms with Gasteiger partial charge in [0.2, 0.25) is 0 Å². The molecular weight excluding hydrogens is 445 g/mol. The van der Waals surface area contributed by atoms with Crippen LogP contribution in [0.25, 0.3) is 5.69 Å². The van der Waals surface area contributed by atoms with Gasteiger partial charge < -0.3 is 10.6 Å². The van der Waals surface area contributed by atoms with Crippen molar-refractivity contribution in [2.24, 2.45) is 5.92 Å². The summed E-state index contributed by atoms with van der Waals surface area (Å²) in [5.74, 6) is -2.77. The standard InChI is InChI=1S/C22H20F5N5O/c1-11-8-29-32(10-11)15-6-13(5-14(7-15)22(25,26)27)21(33)30-17-4-3-16(23)19(18(17)24)31-20-12(2)9-28-20/h3-8,10,12,20,28,31H,9H2,1-2H3,(H,30,33)/t12-,20?/m0/s1. The van der Waals surface area contributed by atoms with Gasteiger partial charge in [0, 0.05) is 24.2 Å². The lowest BCUT2D eigenvalue weighted by molar-refractivity contribution is -0.137. The van der Waals surface area contributed by atoms with Crippen molar-refractivity contribution in [3.05, 3.63) is 71.1 Å². The van der Waals surface area contributed by atoms with Gasteiger partial charge in [0.05, 0.1) is 29.3 Å². The Balaban J connectivity index is 1.66. The molecule has 2 atom stereocenters. The van der Waals surface area contributed by atoms with Crippen molar-refractivity contribution in [1.82, 2.24) is 15.1 Å². The van der Waals surface area contributed by atoms with E-state index in [2.05, 4.69) is 21.0 Å². The van der Waals surface area contributed by atoms with E-state index >= 15 is 0 Å². The molecule has 33 heavy (non-hydrogen) atoms.